The van der Waals surface area contributed by atoms with Crippen LogP contribution in [0.3, 0.4) is 0 Å². The highest BCUT2D eigenvalue weighted by atomic mass is 16.5. The third-order valence-electron chi connectivity index (χ3n) is 6.77. The number of fused-ring (bicyclic) bond motifs is 2. The molecule has 1 saturated heterocycles. The van der Waals surface area contributed by atoms with Crippen LogP contribution in [0.2, 0.25) is 0 Å². The van der Waals surface area contributed by atoms with E-state index in [1.807, 2.05) is 19.0 Å². The van der Waals surface area contributed by atoms with Crippen molar-refractivity contribution in [3.63, 3.8) is 0 Å². The number of carbonyl (C=O) groups excluding carboxylic acids is 3. The molecule has 5 unspecified atom stereocenters. The number of carbonyl (C=O) groups is 3. The molecule has 1 aliphatic carbocycles. The third kappa shape index (κ3) is 3.93. The molecular weight excluding hydrogens is 442 g/mol. The zero-order valence-corrected chi connectivity index (χ0v) is 19.8. The van der Waals surface area contributed by atoms with Crippen molar-refractivity contribution in [1.82, 2.24) is 4.90 Å². The standard InChI is InChI=1S/C25H29NO8/c1-11-20-16(8-13(33-11)9-19(27)32-5)23(29)15-7-6-14(24(30)21(15)25(20)31)18-10-17(26(3)4)22(28)12(2)34-18/h6-8,12-13,17-18,22,28,30H,9-10H2,1-5H3. The van der Waals surface area contributed by atoms with Gasteiger partial charge >= 0.3 is 5.97 Å². The molecule has 0 aromatic heterocycles. The van der Waals surface area contributed by atoms with Crippen LogP contribution in [0.4, 0.5) is 0 Å². The lowest BCUT2D eigenvalue weighted by atomic mass is 9.78. The van der Waals surface area contributed by atoms with Gasteiger partial charge in [-0.05, 0) is 46.5 Å². The minimum atomic E-state index is -0.733. The highest BCUT2D eigenvalue weighted by molar-refractivity contribution is 6.32. The number of aliphatic hydroxyl groups is 1. The number of methoxy groups -OCH3 is 1. The van der Waals surface area contributed by atoms with Crippen molar-refractivity contribution in [3.05, 3.63) is 51.8 Å². The lowest BCUT2D eigenvalue weighted by molar-refractivity contribution is -0.142. The van der Waals surface area contributed by atoms with E-state index >= 15 is 0 Å². The largest absolute Gasteiger partial charge is 0.507 e. The van der Waals surface area contributed by atoms with Crippen molar-refractivity contribution in [2.24, 2.45) is 0 Å². The molecular formula is C25H29NO8. The van der Waals surface area contributed by atoms with E-state index in [9.17, 15) is 24.6 Å². The van der Waals surface area contributed by atoms with Crippen LogP contribution in [0, 0.1) is 0 Å². The maximum Gasteiger partial charge on any atom is 0.309 e. The van der Waals surface area contributed by atoms with Crippen LogP contribution < -0.4 is 0 Å². The van der Waals surface area contributed by atoms with E-state index in [0.717, 1.165) is 0 Å². The molecule has 2 heterocycles. The Hall–Kier alpha value is -3.01. The Balaban J connectivity index is 1.74. The smallest absolute Gasteiger partial charge is 0.309 e. The fourth-order valence-electron chi connectivity index (χ4n) is 4.94. The number of allylic oxidation sites excluding steroid dienone is 3. The molecule has 0 saturated carbocycles. The minimum Gasteiger partial charge on any atom is -0.507 e. The Labute approximate surface area is 197 Å². The molecule has 1 fully saturated rings. The molecule has 2 aliphatic heterocycles. The molecule has 2 N–H and O–H groups in total. The van der Waals surface area contributed by atoms with E-state index < -0.39 is 42.0 Å². The van der Waals surface area contributed by atoms with Gasteiger partial charge in [-0.15, -0.1) is 0 Å². The number of nitrogens with zero attached hydrogens (tertiary/aromatic N) is 1. The number of aromatic hydroxyl groups is 1. The first-order valence-electron chi connectivity index (χ1n) is 11.2. The Morgan fingerprint density at radius 3 is 2.59 bits per heavy atom. The maximum atomic E-state index is 13.5. The van der Waals surface area contributed by atoms with E-state index in [2.05, 4.69) is 4.74 Å². The van der Waals surface area contributed by atoms with E-state index in [1.54, 1.807) is 19.9 Å². The number of hydrogen-bond acceptors (Lipinski definition) is 9. The Morgan fingerprint density at radius 2 is 1.94 bits per heavy atom. The second-order valence-corrected chi connectivity index (χ2v) is 9.12. The zero-order chi connectivity index (χ0) is 24.9. The van der Waals surface area contributed by atoms with Crippen LogP contribution in [0.5, 0.6) is 5.75 Å². The number of phenols is 1. The van der Waals surface area contributed by atoms with Gasteiger partial charge in [0.25, 0.3) is 0 Å². The van der Waals surface area contributed by atoms with E-state index in [1.165, 1.54) is 19.3 Å². The fraction of sp³-hybridized carbons (Fsp3) is 0.480. The summed E-state index contributed by atoms with van der Waals surface area (Å²) in [6, 6.07) is 2.90. The minimum absolute atomic E-state index is 0.0746. The summed E-state index contributed by atoms with van der Waals surface area (Å²) in [4.78, 5) is 40.3. The molecule has 1 aromatic rings. The van der Waals surface area contributed by atoms with Crippen LogP contribution in [-0.2, 0) is 19.0 Å². The first kappa shape index (κ1) is 24.1. The van der Waals surface area contributed by atoms with Crippen molar-refractivity contribution in [2.75, 3.05) is 21.2 Å². The molecule has 4 rings (SSSR count). The Bertz CT molecular complexity index is 1120. The van der Waals surface area contributed by atoms with E-state index in [0.29, 0.717) is 12.0 Å². The number of hydrogen-bond donors (Lipinski definition) is 2. The topological polar surface area (TPSA) is 123 Å². The molecule has 5 atom stereocenters. The fourth-order valence-corrected chi connectivity index (χ4v) is 4.94. The Kier molecular flexibility index (Phi) is 6.37. The van der Waals surface area contributed by atoms with Crippen molar-refractivity contribution >= 4 is 17.5 Å². The summed E-state index contributed by atoms with van der Waals surface area (Å²) in [5.74, 6) is -1.56. The Morgan fingerprint density at radius 1 is 1.24 bits per heavy atom. The lowest BCUT2D eigenvalue weighted by Crippen LogP contribution is -2.50. The monoisotopic (exact) mass is 471 g/mol. The van der Waals surface area contributed by atoms with Gasteiger partial charge in [0.1, 0.15) is 17.6 Å². The van der Waals surface area contributed by atoms with Crippen molar-refractivity contribution in [3.8, 4) is 5.75 Å². The quantitative estimate of drug-likeness (QED) is 0.636. The molecule has 0 bridgehead atoms. The summed E-state index contributed by atoms with van der Waals surface area (Å²) in [5, 5.41) is 21.6. The molecule has 9 heteroatoms. The normalized spacial score (nSPS) is 28.8. The molecule has 9 nitrogen and oxygen atoms in total. The van der Waals surface area contributed by atoms with Gasteiger partial charge in [-0.1, -0.05) is 6.07 Å². The van der Waals surface area contributed by atoms with Crippen molar-refractivity contribution < 1.29 is 38.8 Å². The summed E-state index contributed by atoms with van der Waals surface area (Å²) < 4.78 is 16.3. The number of phenolic OH excluding ortho intramolecular Hbond substituents is 1. The van der Waals surface area contributed by atoms with E-state index in [4.69, 9.17) is 9.47 Å². The SMILES string of the molecule is COC(=O)CC1C=C2C(=O)c3ccc(C4CC(N(C)C)C(O)C(C)O4)c(O)c3C(=O)C2=C(C)O1. The average Bonchev–Trinajstić information content (AvgIpc) is 2.78. The van der Waals surface area contributed by atoms with Gasteiger partial charge in [0.2, 0.25) is 5.78 Å². The van der Waals surface area contributed by atoms with Gasteiger partial charge in [-0.25, -0.2) is 0 Å². The van der Waals surface area contributed by atoms with Crippen LogP contribution in [0.1, 0.15) is 59.1 Å². The van der Waals surface area contributed by atoms with Gasteiger partial charge in [0.05, 0.1) is 43.0 Å². The number of aliphatic hydroxyl groups excluding tert-OH is 1. The predicted octanol–water partition coefficient (Wildman–Crippen LogP) is 2.07. The lowest BCUT2D eigenvalue weighted by Gasteiger charge is -2.41. The molecule has 0 amide bonds. The zero-order valence-electron chi connectivity index (χ0n) is 19.8. The number of esters is 1. The van der Waals surface area contributed by atoms with Crippen molar-refractivity contribution in [1.29, 1.82) is 0 Å². The second kappa shape index (κ2) is 8.98. The van der Waals surface area contributed by atoms with Gasteiger partial charge in [0.15, 0.2) is 5.78 Å². The van der Waals surface area contributed by atoms with Gasteiger partial charge in [0, 0.05) is 22.7 Å². The summed E-state index contributed by atoms with van der Waals surface area (Å²) in [6.07, 6.45) is -0.731. The van der Waals surface area contributed by atoms with Gasteiger partial charge in [-0.2, -0.15) is 0 Å². The highest BCUT2D eigenvalue weighted by Gasteiger charge is 2.43. The first-order valence-corrected chi connectivity index (χ1v) is 11.2. The molecule has 0 radical (unpaired) electrons. The summed E-state index contributed by atoms with van der Waals surface area (Å²) in [6.45, 7) is 3.31. The summed E-state index contributed by atoms with van der Waals surface area (Å²) in [5.41, 5.74) is 0.608. The number of benzene rings is 1. The number of likely N-dealkylation sites (N-methyl/N-ethyl adjacent to an activating group) is 1. The van der Waals surface area contributed by atoms with Crippen LogP contribution in [0.25, 0.3) is 0 Å². The van der Waals surface area contributed by atoms with Gasteiger partial charge in [-0.3, -0.25) is 14.4 Å². The third-order valence-corrected chi connectivity index (χ3v) is 6.77. The first-order chi connectivity index (χ1) is 16.0. The number of ketones is 2. The van der Waals surface area contributed by atoms with Gasteiger partial charge < -0.3 is 29.3 Å². The number of ether oxygens (including phenoxy) is 3. The molecule has 1 aromatic carbocycles. The summed E-state index contributed by atoms with van der Waals surface area (Å²) in [7, 11) is 4.98. The second-order valence-electron chi connectivity index (χ2n) is 9.12. The van der Waals surface area contributed by atoms with Crippen LogP contribution in [-0.4, -0.2) is 78.2 Å². The highest BCUT2D eigenvalue weighted by Crippen LogP contribution is 2.44. The molecule has 3 aliphatic rings. The number of Topliss-reactive ketones (excluding diaryl/α,β-unsaturated/α-hetero) is 2. The van der Waals surface area contributed by atoms with Crippen molar-refractivity contribution in [2.45, 2.75) is 57.1 Å². The van der Waals surface area contributed by atoms with Crippen LogP contribution in [0.15, 0.2) is 35.1 Å². The molecule has 0 spiro atoms. The molecule has 182 valence electrons. The maximum absolute atomic E-state index is 13.5. The van der Waals surface area contributed by atoms with Crippen LogP contribution >= 0.6 is 0 Å². The molecule has 34 heavy (non-hydrogen) atoms. The number of rotatable bonds is 4. The summed E-state index contributed by atoms with van der Waals surface area (Å²) >= 11 is 0. The predicted molar refractivity (Wildman–Crippen MR) is 120 cm³/mol. The average molecular weight is 472 g/mol. The van der Waals surface area contributed by atoms with E-state index in [-0.39, 0.29) is 46.2 Å².